The van der Waals surface area contributed by atoms with Crippen molar-refractivity contribution in [3.05, 3.63) is 52.9 Å². The van der Waals surface area contributed by atoms with Gasteiger partial charge < -0.3 is 23.5 Å². The van der Waals surface area contributed by atoms with Crippen molar-refractivity contribution in [1.29, 1.82) is 0 Å². The second-order valence-electron chi connectivity index (χ2n) is 5.45. The molecule has 0 aliphatic rings. The van der Waals surface area contributed by atoms with E-state index in [0.717, 1.165) is 0 Å². The van der Waals surface area contributed by atoms with E-state index < -0.39 is 5.97 Å². The highest BCUT2D eigenvalue weighted by Crippen LogP contribution is 2.40. The van der Waals surface area contributed by atoms with Crippen molar-refractivity contribution in [2.75, 3.05) is 21.3 Å². The van der Waals surface area contributed by atoms with Gasteiger partial charge in [-0.2, -0.15) is 4.98 Å². The molecule has 1 heterocycles. The van der Waals surface area contributed by atoms with Gasteiger partial charge in [0.05, 0.1) is 26.4 Å². The van der Waals surface area contributed by atoms with Gasteiger partial charge in [-0.3, -0.25) is 0 Å². The number of nitrogens with zero attached hydrogens (tertiary/aromatic N) is 2. The number of rotatable bonds is 7. The van der Waals surface area contributed by atoms with Gasteiger partial charge in [0, 0.05) is 5.56 Å². The van der Waals surface area contributed by atoms with Crippen LogP contribution in [0.2, 0.25) is 5.02 Å². The molecule has 0 unspecified atom stereocenters. The smallest absolute Gasteiger partial charge is 0.342 e. The fourth-order valence-electron chi connectivity index (χ4n) is 2.53. The van der Waals surface area contributed by atoms with Crippen LogP contribution in [0, 0.1) is 0 Å². The number of aromatic nitrogens is 2. The third kappa shape index (κ3) is 3.86. The molecule has 8 nitrogen and oxygen atoms in total. The predicted octanol–water partition coefficient (Wildman–Crippen LogP) is 3.77. The lowest BCUT2D eigenvalue weighted by Crippen LogP contribution is -2.09. The van der Waals surface area contributed by atoms with E-state index in [1.165, 1.54) is 27.4 Å². The zero-order valence-electron chi connectivity index (χ0n) is 15.4. The van der Waals surface area contributed by atoms with Crippen LogP contribution in [-0.2, 0) is 11.3 Å². The number of esters is 1. The zero-order valence-corrected chi connectivity index (χ0v) is 16.1. The number of carbonyl (C=O) groups is 1. The molecule has 3 rings (SSSR count). The summed E-state index contributed by atoms with van der Waals surface area (Å²) in [6, 6.07) is 10.2. The van der Waals surface area contributed by atoms with Crippen LogP contribution in [0.1, 0.15) is 16.2 Å². The van der Waals surface area contributed by atoms with Gasteiger partial charge in [0.25, 0.3) is 5.89 Å². The molecule has 0 atom stereocenters. The minimum Gasteiger partial charge on any atom is -0.493 e. The molecular weight excluding hydrogens is 388 g/mol. The first-order valence-corrected chi connectivity index (χ1v) is 8.50. The molecule has 0 fully saturated rings. The summed E-state index contributed by atoms with van der Waals surface area (Å²) < 4.78 is 26.1. The van der Waals surface area contributed by atoms with Crippen LogP contribution >= 0.6 is 11.6 Å². The van der Waals surface area contributed by atoms with Crippen molar-refractivity contribution < 1.29 is 28.3 Å². The van der Waals surface area contributed by atoms with Crippen molar-refractivity contribution in [3.63, 3.8) is 0 Å². The molecule has 0 aliphatic heterocycles. The Kier molecular flexibility index (Phi) is 6.00. The van der Waals surface area contributed by atoms with E-state index in [2.05, 4.69) is 10.1 Å². The molecule has 28 heavy (non-hydrogen) atoms. The number of benzene rings is 2. The second-order valence-corrected chi connectivity index (χ2v) is 5.86. The standard InChI is InChI=1S/C19H17ClN2O6/c1-24-14-9-8-12(16(25-2)17(14)26-3)19(23)27-10-15-21-18(22-28-15)11-6-4-5-7-13(11)20/h4-9H,10H2,1-3H3. The summed E-state index contributed by atoms with van der Waals surface area (Å²) in [5, 5.41) is 4.35. The van der Waals surface area contributed by atoms with Gasteiger partial charge in [-0.1, -0.05) is 28.9 Å². The number of methoxy groups -OCH3 is 3. The van der Waals surface area contributed by atoms with Crippen LogP contribution in [0.4, 0.5) is 0 Å². The maximum absolute atomic E-state index is 12.5. The first-order valence-electron chi connectivity index (χ1n) is 8.12. The quantitative estimate of drug-likeness (QED) is 0.549. The Morgan fingerprint density at radius 3 is 2.46 bits per heavy atom. The van der Waals surface area contributed by atoms with E-state index in [1.54, 1.807) is 30.3 Å². The average molecular weight is 405 g/mol. The van der Waals surface area contributed by atoms with E-state index >= 15 is 0 Å². The van der Waals surface area contributed by atoms with Gasteiger partial charge in [-0.15, -0.1) is 0 Å². The van der Waals surface area contributed by atoms with Gasteiger partial charge in [0.1, 0.15) is 5.56 Å². The number of carbonyl (C=O) groups excluding carboxylic acids is 1. The summed E-state index contributed by atoms with van der Waals surface area (Å²) in [5.41, 5.74) is 0.790. The summed E-state index contributed by atoms with van der Waals surface area (Å²) in [7, 11) is 4.35. The summed E-state index contributed by atoms with van der Waals surface area (Å²) in [4.78, 5) is 16.7. The fraction of sp³-hybridized carbons (Fsp3) is 0.211. The second kappa shape index (κ2) is 8.62. The average Bonchev–Trinajstić information content (AvgIpc) is 3.19. The molecule has 1 aromatic heterocycles. The number of ether oxygens (including phenoxy) is 4. The van der Waals surface area contributed by atoms with E-state index in [9.17, 15) is 4.79 Å². The highest BCUT2D eigenvalue weighted by atomic mass is 35.5. The van der Waals surface area contributed by atoms with Crippen LogP contribution in [0.5, 0.6) is 17.2 Å². The van der Waals surface area contributed by atoms with Gasteiger partial charge >= 0.3 is 5.97 Å². The molecule has 0 saturated heterocycles. The third-order valence-corrected chi connectivity index (χ3v) is 4.16. The molecule has 0 bridgehead atoms. The largest absolute Gasteiger partial charge is 0.493 e. The Balaban J connectivity index is 1.76. The molecule has 0 spiro atoms. The van der Waals surface area contributed by atoms with Crippen molar-refractivity contribution in [1.82, 2.24) is 10.1 Å². The van der Waals surface area contributed by atoms with Gasteiger partial charge in [0.2, 0.25) is 11.6 Å². The minimum absolute atomic E-state index is 0.128. The van der Waals surface area contributed by atoms with Crippen molar-refractivity contribution in [2.24, 2.45) is 0 Å². The zero-order chi connectivity index (χ0) is 20.1. The van der Waals surface area contributed by atoms with Crippen molar-refractivity contribution in [2.45, 2.75) is 6.61 Å². The number of hydrogen-bond acceptors (Lipinski definition) is 8. The molecule has 0 N–H and O–H groups in total. The Morgan fingerprint density at radius 2 is 1.79 bits per heavy atom. The van der Waals surface area contributed by atoms with E-state index in [-0.39, 0.29) is 23.8 Å². The minimum atomic E-state index is -0.643. The van der Waals surface area contributed by atoms with E-state index in [0.29, 0.717) is 27.9 Å². The van der Waals surface area contributed by atoms with Gasteiger partial charge in [-0.05, 0) is 24.3 Å². The molecule has 0 saturated carbocycles. The highest BCUT2D eigenvalue weighted by molar-refractivity contribution is 6.33. The van der Waals surface area contributed by atoms with E-state index in [1.807, 2.05) is 0 Å². The first-order chi connectivity index (χ1) is 13.6. The SMILES string of the molecule is COc1ccc(C(=O)OCc2nc(-c3ccccc3Cl)no2)c(OC)c1OC. The Morgan fingerprint density at radius 1 is 1.04 bits per heavy atom. The molecule has 9 heteroatoms. The molecule has 146 valence electrons. The number of hydrogen-bond donors (Lipinski definition) is 0. The monoisotopic (exact) mass is 404 g/mol. The molecule has 0 aliphatic carbocycles. The lowest BCUT2D eigenvalue weighted by molar-refractivity contribution is 0.0425. The lowest BCUT2D eigenvalue weighted by Gasteiger charge is -2.14. The van der Waals surface area contributed by atoms with Crippen molar-refractivity contribution in [3.8, 4) is 28.6 Å². The predicted molar refractivity (Wildman–Crippen MR) is 100.0 cm³/mol. The molecular formula is C19H17ClN2O6. The summed E-state index contributed by atoms with van der Waals surface area (Å²) in [5.74, 6) is 0.711. The van der Waals surface area contributed by atoms with Crippen LogP contribution in [-0.4, -0.2) is 37.4 Å². The number of halogens is 1. The normalized spacial score (nSPS) is 10.4. The van der Waals surface area contributed by atoms with Crippen LogP contribution in [0.3, 0.4) is 0 Å². The topological polar surface area (TPSA) is 92.9 Å². The Hall–Kier alpha value is -3.26. The molecule has 3 aromatic rings. The van der Waals surface area contributed by atoms with Crippen LogP contribution in [0.15, 0.2) is 40.9 Å². The van der Waals surface area contributed by atoms with Crippen molar-refractivity contribution >= 4 is 17.6 Å². The Labute approximate surface area is 165 Å². The third-order valence-electron chi connectivity index (χ3n) is 3.83. The summed E-state index contributed by atoms with van der Waals surface area (Å²) in [6.07, 6.45) is 0. The maximum Gasteiger partial charge on any atom is 0.342 e. The Bertz CT molecular complexity index is 988. The van der Waals surface area contributed by atoms with Crippen LogP contribution in [0.25, 0.3) is 11.4 Å². The fourth-order valence-corrected chi connectivity index (χ4v) is 2.75. The molecule has 0 radical (unpaired) electrons. The first kappa shape index (κ1) is 19.5. The molecule has 2 aromatic carbocycles. The van der Waals surface area contributed by atoms with Gasteiger partial charge in [-0.25, -0.2) is 4.79 Å². The van der Waals surface area contributed by atoms with Crippen LogP contribution < -0.4 is 14.2 Å². The maximum atomic E-state index is 12.5. The summed E-state index contributed by atoms with van der Waals surface area (Å²) in [6.45, 7) is -0.214. The lowest BCUT2D eigenvalue weighted by atomic mass is 10.1. The van der Waals surface area contributed by atoms with Gasteiger partial charge in [0.15, 0.2) is 18.1 Å². The van der Waals surface area contributed by atoms with E-state index in [4.69, 9.17) is 35.1 Å². The summed E-state index contributed by atoms with van der Waals surface area (Å²) >= 11 is 6.12. The molecule has 0 amide bonds. The highest BCUT2D eigenvalue weighted by Gasteiger charge is 2.22.